The lowest BCUT2D eigenvalue weighted by Gasteiger charge is -2.07. The summed E-state index contributed by atoms with van der Waals surface area (Å²) >= 11 is 0. The van der Waals surface area contributed by atoms with Crippen molar-refractivity contribution in [1.29, 1.82) is 0 Å². The number of rotatable bonds is 6. The maximum Gasteiger partial charge on any atom is 0.291 e. The zero-order chi connectivity index (χ0) is 17.3. The van der Waals surface area contributed by atoms with Crippen LogP contribution in [0.25, 0.3) is 22.0 Å². The van der Waals surface area contributed by atoms with Crippen LogP contribution >= 0.6 is 0 Å². The van der Waals surface area contributed by atoms with Gasteiger partial charge in [-0.05, 0) is 13.8 Å². The van der Waals surface area contributed by atoms with Gasteiger partial charge < -0.3 is 19.0 Å². The van der Waals surface area contributed by atoms with Crippen LogP contribution in [0.15, 0.2) is 21.5 Å². The zero-order valence-electron chi connectivity index (χ0n) is 14.0. The molecule has 0 aliphatic heterocycles. The normalized spacial score (nSPS) is 11.5. The third-order valence-corrected chi connectivity index (χ3v) is 3.90. The Morgan fingerprint density at radius 2 is 2.25 bits per heavy atom. The van der Waals surface area contributed by atoms with Crippen molar-refractivity contribution in [3.05, 3.63) is 28.4 Å². The van der Waals surface area contributed by atoms with E-state index in [4.69, 9.17) is 9.15 Å². The van der Waals surface area contributed by atoms with Gasteiger partial charge in [0.1, 0.15) is 17.8 Å². The number of fused-ring (bicyclic) bond motifs is 3. The molecule has 3 heterocycles. The molecule has 0 radical (unpaired) electrons. The summed E-state index contributed by atoms with van der Waals surface area (Å²) in [5.74, 6) is 0.501. The molecule has 0 aliphatic rings. The Labute approximate surface area is 138 Å². The minimum absolute atomic E-state index is 0.131. The van der Waals surface area contributed by atoms with E-state index in [1.165, 1.54) is 4.68 Å². The van der Waals surface area contributed by atoms with Gasteiger partial charge in [-0.3, -0.25) is 9.59 Å². The SMILES string of the molecule is CCn1c2cc(C)oc2c2cnn(CC(=O)NCCOC)c(=O)c21. The second-order valence-corrected chi connectivity index (χ2v) is 5.53. The van der Waals surface area contributed by atoms with Crippen molar-refractivity contribution in [2.75, 3.05) is 20.3 Å². The molecule has 3 aromatic heterocycles. The Morgan fingerprint density at radius 1 is 1.46 bits per heavy atom. The number of carbonyl (C=O) groups excluding carboxylic acids is 1. The highest BCUT2D eigenvalue weighted by Crippen LogP contribution is 2.29. The van der Waals surface area contributed by atoms with Gasteiger partial charge in [-0.2, -0.15) is 5.10 Å². The minimum Gasteiger partial charge on any atom is -0.459 e. The molecule has 0 bridgehead atoms. The molecule has 0 fully saturated rings. The van der Waals surface area contributed by atoms with Crippen molar-refractivity contribution in [3.63, 3.8) is 0 Å². The maximum absolute atomic E-state index is 12.8. The zero-order valence-corrected chi connectivity index (χ0v) is 14.0. The lowest BCUT2D eigenvalue weighted by atomic mass is 10.3. The Bertz CT molecular complexity index is 950. The summed E-state index contributed by atoms with van der Waals surface area (Å²) in [4.78, 5) is 24.7. The molecule has 0 aromatic carbocycles. The average molecular weight is 332 g/mol. The van der Waals surface area contributed by atoms with Crippen molar-refractivity contribution in [2.24, 2.45) is 0 Å². The number of aromatic nitrogens is 3. The monoisotopic (exact) mass is 332 g/mol. The van der Waals surface area contributed by atoms with Crippen molar-refractivity contribution in [1.82, 2.24) is 19.7 Å². The highest BCUT2D eigenvalue weighted by atomic mass is 16.5. The summed E-state index contributed by atoms with van der Waals surface area (Å²) in [6, 6.07) is 1.90. The summed E-state index contributed by atoms with van der Waals surface area (Å²) in [5.41, 5.74) is 1.73. The number of hydrogen-bond acceptors (Lipinski definition) is 5. The number of methoxy groups -OCH3 is 1. The molecule has 0 unspecified atom stereocenters. The van der Waals surface area contributed by atoms with Gasteiger partial charge in [0.2, 0.25) is 5.91 Å². The van der Waals surface area contributed by atoms with Gasteiger partial charge in [0.25, 0.3) is 5.56 Å². The predicted octanol–water partition coefficient (Wildman–Crippen LogP) is 1.04. The largest absolute Gasteiger partial charge is 0.459 e. The number of carbonyl (C=O) groups is 1. The Morgan fingerprint density at radius 3 is 2.96 bits per heavy atom. The molecule has 24 heavy (non-hydrogen) atoms. The van der Waals surface area contributed by atoms with Gasteiger partial charge >= 0.3 is 0 Å². The molecule has 3 rings (SSSR count). The first-order valence-electron chi connectivity index (χ1n) is 7.81. The van der Waals surface area contributed by atoms with E-state index in [0.29, 0.717) is 36.2 Å². The summed E-state index contributed by atoms with van der Waals surface area (Å²) in [5, 5.41) is 7.46. The van der Waals surface area contributed by atoms with E-state index in [9.17, 15) is 9.59 Å². The molecular weight excluding hydrogens is 312 g/mol. The van der Waals surface area contributed by atoms with E-state index in [1.54, 1.807) is 13.3 Å². The molecule has 8 nitrogen and oxygen atoms in total. The van der Waals surface area contributed by atoms with Crippen LogP contribution in [0.4, 0.5) is 0 Å². The van der Waals surface area contributed by atoms with Crippen LogP contribution in [0.3, 0.4) is 0 Å². The fraction of sp³-hybridized carbons (Fsp3) is 0.438. The number of hydrogen-bond donors (Lipinski definition) is 1. The van der Waals surface area contributed by atoms with Gasteiger partial charge in [0.05, 0.1) is 23.7 Å². The first-order chi connectivity index (χ1) is 11.6. The molecule has 0 saturated heterocycles. The third-order valence-electron chi connectivity index (χ3n) is 3.90. The average Bonchev–Trinajstić information content (AvgIpc) is 3.05. The fourth-order valence-electron chi connectivity index (χ4n) is 2.85. The van der Waals surface area contributed by atoms with Crippen LogP contribution in [0, 0.1) is 6.92 Å². The second kappa shape index (κ2) is 6.48. The molecule has 8 heteroatoms. The second-order valence-electron chi connectivity index (χ2n) is 5.53. The molecule has 128 valence electrons. The number of nitrogens with zero attached hydrogens (tertiary/aromatic N) is 3. The summed E-state index contributed by atoms with van der Waals surface area (Å²) in [6.07, 6.45) is 1.58. The van der Waals surface area contributed by atoms with Crippen molar-refractivity contribution >= 4 is 27.9 Å². The van der Waals surface area contributed by atoms with E-state index in [0.717, 1.165) is 11.3 Å². The van der Waals surface area contributed by atoms with Crippen LogP contribution < -0.4 is 10.9 Å². The predicted molar refractivity (Wildman–Crippen MR) is 89.1 cm³/mol. The molecule has 0 aliphatic carbocycles. The van der Waals surface area contributed by atoms with Crippen LogP contribution in [-0.4, -0.2) is 40.5 Å². The lowest BCUT2D eigenvalue weighted by molar-refractivity contribution is -0.122. The topological polar surface area (TPSA) is 91.3 Å². The Hall–Kier alpha value is -2.61. The first-order valence-corrected chi connectivity index (χ1v) is 7.81. The number of furan rings is 1. The standard InChI is InChI=1S/C16H20N4O4/c1-4-19-12-7-10(2)24-15(12)11-8-18-20(16(22)14(11)19)9-13(21)17-5-6-23-3/h7-8H,4-6,9H2,1-3H3,(H,17,21). The highest BCUT2D eigenvalue weighted by Gasteiger charge is 2.19. The van der Waals surface area contributed by atoms with Crippen molar-refractivity contribution < 1.29 is 13.9 Å². The van der Waals surface area contributed by atoms with Gasteiger partial charge in [0, 0.05) is 26.3 Å². The van der Waals surface area contributed by atoms with E-state index >= 15 is 0 Å². The molecule has 0 atom stereocenters. The van der Waals surface area contributed by atoms with Crippen LogP contribution in [0.1, 0.15) is 12.7 Å². The number of nitrogens with one attached hydrogen (secondary N) is 1. The molecular formula is C16H20N4O4. The molecule has 1 N–H and O–H groups in total. The van der Waals surface area contributed by atoms with E-state index in [2.05, 4.69) is 10.4 Å². The van der Waals surface area contributed by atoms with Gasteiger partial charge in [-0.1, -0.05) is 0 Å². The quantitative estimate of drug-likeness (QED) is 0.681. The number of ether oxygens (including phenoxy) is 1. The van der Waals surface area contributed by atoms with Crippen molar-refractivity contribution in [2.45, 2.75) is 26.9 Å². The van der Waals surface area contributed by atoms with Gasteiger partial charge in [0.15, 0.2) is 5.58 Å². The number of aryl methyl sites for hydroxylation is 2. The third kappa shape index (κ3) is 2.69. The lowest BCUT2D eigenvalue weighted by Crippen LogP contribution is -2.35. The fourth-order valence-corrected chi connectivity index (χ4v) is 2.85. The summed E-state index contributed by atoms with van der Waals surface area (Å²) in [6.45, 7) is 5.13. The van der Waals surface area contributed by atoms with E-state index in [-0.39, 0.29) is 18.0 Å². The van der Waals surface area contributed by atoms with Crippen LogP contribution in [0.2, 0.25) is 0 Å². The van der Waals surface area contributed by atoms with Gasteiger partial charge in [-0.15, -0.1) is 0 Å². The summed E-state index contributed by atoms with van der Waals surface area (Å²) < 4.78 is 13.6. The van der Waals surface area contributed by atoms with Crippen LogP contribution in [-0.2, 0) is 22.6 Å². The van der Waals surface area contributed by atoms with Crippen molar-refractivity contribution in [3.8, 4) is 0 Å². The molecule has 0 saturated carbocycles. The Kier molecular flexibility index (Phi) is 4.39. The molecule has 3 aromatic rings. The minimum atomic E-state index is -0.305. The Balaban J connectivity index is 2.01. The highest BCUT2D eigenvalue weighted by molar-refractivity contribution is 6.04. The van der Waals surface area contributed by atoms with E-state index in [1.807, 2.05) is 24.5 Å². The first kappa shape index (κ1) is 16.3. The molecule has 1 amide bonds. The molecule has 0 spiro atoms. The van der Waals surface area contributed by atoms with Gasteiger partial charge in [-0.25, -0.2) is 4.68 Å². The maximum atomic E-state index is 12.8. The summed E-state index contributed by atoms with van der Waals surface area (Å²) in [7, 11) is 1.56. The smallest absolute Gasteiger partial charge is 0.291 e. The van der Waals surface area contributed by atoms with Crippen LogP contribution in [0.5, 0.6) is 0 Å². The number of amides is 1. The van der Waals surface area contributed by atoms with E-state index < -0.39 is 0 Å².